The van der Waals surface area contributed by atoms with Crippen molar-refractivity contribution in [1.29, 1.82) is 0 Å². The van der Waals surface area contributed by atoms with E-state index in [9.17, 15) is 19.8 Å². The molecule has 0 amide bonds. The lowest BCUT2D eigenvalue weighted by molar-refractivity contribution is -0.145. The SMILES string of the molecule is CC(C)(C)C1=CC(CCC(=O)OCCCCCCOC(=O)CCC2=CC(C)(C(C)(C)C)C(O)C(C(C)(C)C)=C2)=CC(C)(C(C)(C)C)C1O. The summed E-state index contributed by atoms with van der Waals surface area (Å²) in [7, 11) is 0. The van der Waals surface area contributed by atoms with E-state index in [1.807, 2.05) is 0 Å². The predicted octanol–water partition coefficient (Wildman–Crippen LogP) is 9.85. The van der Waals surface area contributed by atoms with Crippen molar-refractivity contribution in [2.24, 2.45) is 32.5 Å². The second-order valence-electron chi connectivity index (χ2n) is 18.9. The molecule has 2 rings (SSSR count). The third kappa shape index (κ3) is 10.7. The number of ether oxygens (including phenoxy) is 2. The lowest BCUT2D eigenvalue weighted by atomic mass is 9.58. The van der Waals surface area contributed by atoms with E-state index in [1.54, 1.807) is 0 Å². The summed E-state index contributed by atoms with van der Waals surface area (Å²) in [6.45, 7) is 30.7. The van der Waals surface area contributed by atoms with Crippen LogP contribution >= 0.6 is 0 Å². The van der Waals surface area contributed by atoms with Crippen LogP contribution in [0.4, 0.5) is 0 Å². The third-order valence-electron chi connectivity index (χ3n) is 11.1. The minimum atomic E-state index is -0.573. The van der Waals surface area contributed by atoms with Crippen LogP contribution in [-0.2, 0) is 19.1 Å². The Morgan fingerprint density at radius 2 is 0.917 bits per heavy atom. The molecule has 0 aromatic heterocycles. The molecule has 6 nitrogen and oxygen atoms in total. The average molecular weight is 671 g/mol. The van der Waals surface area contributed by atoms with Crippen molar-refractivity contribution in [3.8, 4) is 0 Å². The number of aliphatic hydroxyl groups is 2. The molecule has 0 aromatic rings. The highest BCUT2D eigenvalue weighted by atomic mass is 16.5. The summed E-state index contributed by atoms with van der Waals surface area (Å²) in [6.07, 6.45) is 12.5. The second kappa shape index (κ2) is 15.8. The van der Waals surface area contributed by atoms with Gasteiger partial charge in [0.05, 0.1) is 25.4 Å². The van der Waals surface area contributed by atoms with Gasteiger partial charge in [-0.25, -0.2) is 0 Å². The highest BCUT2D eigenvalue weighted by Gasteiger charge is 2.48. The molecule has 274 valence electrons. The number of aliphatic hydroxyl groups excluding tert-OH is 2. The zero-order valence-electron chi connectivity index (χ0n) is 33.1. The third-order valence-corrected chi connectivity index (χ3v) is 11.1. The first-order valence-corrected chi connectivity index (χ1v) is 18.3. The van der Waals surface area contributed by atoms with E-state index in [0.717, 1.165) is 48.0 Å². The Kier molecular flexibility index (Phi) is 13.8. The Balaban J connectivity index is 1.73. The monoisotopic (exact) mass is 671 g/mol. The molecule has 0 aliphatic heterocycles. The minimum absolute atomic E-state index is 0.151. The van der Waals surface area contributed by atoms with Crippen molar-refractivity contribution in [2.45, 2.75) is 161 Å². The van der Waals surface area contributed by atoms with Gasteiger partial charge in [0.2, 0.25) is 0 Å². The van der Waals surface area contributed by atoms with E-state index in [0.29, 0.717) is 38.9 Å². The summed E-state index contributed by atoms with van der Waals surface area (Å²) in [5.74, 6) is -0.400. The molecular formula is C42H70O6. The molecule has 4 atom stereocenters. The van der Waals surface area contributed by atoms with Gasteiger partial charge in [-0.15, -0.1) is 0 Å². The normalized spacial score (nSPS) is 25.5. The number of carbonyl (C=O) groups is 2. The molecule has 0 bridgehead atoms. The highest BCUT2D eigenvalue weighted by molar-refractivity contribution is 5.70. The minimum Gasteiger partial charge on any atom is -0.466 e. The number of hydrogen-bond donors (Lipinski definition) is 2. The zero-order valence-corrected chi connectivity index (χ0v) is 33.1. The van der Waals surface area contributed by atoms with Gasteiger partial charge in [-0.2, -0.15) is 0 Å². The van der Waals surface area contributed by atoms with Crippen LogP contribution < -0.4 is 0 Å². The van der Waals surface area contributed by atoms with E-state index in [1.165, 1.54) is 0 Å². The second-order valence-corrected chi connectivity index (χ2v) is 18.9. The van der Waals surface area contributed by atoms with Crippen LogP contribution in [0, 0.1) is 32.5 Å². The quantitative estimate of drug-likeness (QED) is 0.150. The van der Waals surface area contributed by atoms with Crippen LogP contribution in [0.2, 0.25) is 0 Å². The van der Waals surface area contributed by atoms with Crippen LogP contribution in [0.5, 0.6) is 0 Å². The average Bonchev–Trinajstić information content (AvgIpc) is 2.93. The fourth-order valence-electron chi connectivity index (χ4n) is 6.58. The molecule has 0 aromatic carbocycles. The highest BCUT2D eigenvalue weighted by Crippen LogP contribution is 2.52. The van der Waals surface area contributed by atoms with Crippen molar-refractivity contribution >= 4 is 11.9 Å². The van der Waals surface area contributed by atoms with Gasteiger partial charge in [-0.05, 0) is 71.3 Å². The van der Waals surface area contributed by atoms with E-state index in [-0.39, 0.29) is 33.6 Å². The summed E-state index contributed by atoms with van der Waals surface area (Å²) >= 11 is 0. The lowest BCUT2D eigenvalue weighted by Gasteiger charge is -2.49. The molecule has 0 radical (unpaired) electrons. The van der Waals surface area contributed by atoms with Crippen LogP contribution in [0.15, 0.2) is 46.6 Å². The predicted molar refractivity (Wildman–Crippen MR) is 197 cm³/mol. The van der Waals surface area contributed by atoms with Gasteiger partial charge in [0.15, 0.2) is 0 Å². The maximum Gasteiger partial charge on any atom is 0.306 e. The van der Waals surface area contributed by atoms with Gasteiger partial charge in [0, 0.05) is 23.7 Å². The number of unbranched alkanes of at least 4 members (excludes halogenated alkanes) is 3. The van der Waals surface area contributed by atoms with Crippen LogP contribution in [0.3, 0.4) is 0 Å². The van der Waals surface area contributed by atoms with Gasteiger partial charge >= 0.3 is 11.9 Å². The van der Waals surface area contributed by atoms with Crippen molar-refractivity contribution in [1.82, 2.24) is 0 Å². The molecule has 48 heavy (non-hydrogen) atoms. The first-order chi connectivity index (χ1) is 21.7. The molecule has 2 aliphatic carbocycles. The van der Waals surface area contributed by atoms with Gasteiger partial charge in [-0.1, -0.05) is 132 Å². The maximum absolute atomic E-state index is 12.5. The van der Waals surface area contributed by atoms with Crippen LogP contribution in [-0.4, -0.2) is 47.6 Å². The van der Waals surface area contributed by atoms with Crippen molar-refractivity contribution < 1.29 is 29.3 Å². The number of carbonyl (C=O) groups excluding carboxylic acids is 2. The van der Waals surface area contributed by atoms with Crippen LogP contribution in [0.1, 0.15) is 148 Å². The van der Waals surface area contributed by atoms with E-state index < -0.39 is 23.0 Å². The molecule has 0 saturated heterocycles. The first kappa shape index (κ1) is 42.0. The van der Waals surface area contributed by atoms with E-state index in [4.69, 9.17) is 9.47 Å². The Bertz CT molecular complexity index is 1150. The molecule has 0 fully saturated rings. The molecule has 4 unspecified atom stereocenters. The van der Waals surface area contributed by atoms with Crippen molar-refractivity contribution in [3.05, 3.63) is 46.6 Å². The Morgan fingerprint density at radius 1 is 0.604 bits per heavy atom. The fourth-order valence-corrected chi connectivity index (χ4v) is 6.58. The Morgan fingerprint density at radius 3 is 1.19 bits per heavy atom. The molecule has 2 N–H and O–H groups in total. The number of allylic oxidation sites excluding steroid dienone is 4. The van der Waals surface area contributed by atoms with Gasteiger partial charge in [0.1, 0.15) is 0 Å². The molecule has 0 heterocycles. The molecule has 0 saturated carbocycles. The smallest absolute Gasteiger partial charge is 0.306 e. The number of hydrogen-bond acceptors (Lipinski definition) is 6. The van der Waals surface area contributed by atoms with E-state index >= 15 is 0 Å². The fraction of sp³-hybridized carbons (Fsp3) is 0.762. The summed E-state index contributed by atoms with van der Waals surface area (Å²) < 4.78 is 11.1. The van der Waals surface area contributed by atoms with Gasteiger partial charge in [0.25, 0.3) is 0 Å². The van der Waals surface area contributed by atoms with Crippen molar-refractivity contribution in [3.63, 3.8) is 0 Å². The Labute approximate surface area is 293 Å². The molecule has 2 aliphatic rings. The van der Waals surface area contributed by atoms with Gasteiger partial charge < -0.3 is 19.7 Å². The zero-order chi connectivity index (χ0) is 36.9. The van der Waals surface area contributed by atoms with Gasteiger partial charge in [-0.3, -0.25) is 9.59 Å². The van der Waals surface area contributed by atoms with Crippen molar-refractivity contribution in [2.75, 3.05) is 13.2 Å². The maximum atomic E-state index is 12.5. The number of rotatable bonds is 13. The first-order valence-electron chi connectivity index (χ1n) is 18.3. The standard InChI is InChI=1S/C42H70O6/c1-37(2,3)31-25-29(27-41(13,35(31)45)39(7,8)9)19-21-33(43)47-23-17-15-16-18-24-48-34(44)22-20-30-26-32(38(4,5)6)36(46)42(14,28-30)40(10,11)12/h25-28,35-36,45-46H,15-24H2,1-14H3. The summed E-state index contributed by atoms with van der Waals surface area (Å²) in [4.78, 5) is 25.1. The molecule has 6 heteroatoms. The molecule has 0 spiro atoms. The molecular weight excluding hydrogens is 600 g/mol. The number of esters is 2. The summed E-state index contributed by atoms with van der Waals surface area (Å²) in [5, 5.41) is 22.6. The van der Waals surface area contributed by atoms with E-state index in [2.05, 4.69) is 121 Å². The van der Waals surface area contributed by atoms with Crippen LogP contribution in [0.25, 0.3) is 0 Å². The Hall–Kier alpha value is -2.18. The summed E-state index contributed by atoms with van der Waals surface area (Å²) in [5.41, 5.74) is 2.66. The largest absolute Gasteiger partial charge is 0.466 e. The topological polar surface area (TPSA) is 93.1 Å². The lowest BCUT2D eigenvalue weighted by Crippen LogP contribution is -2.46. The summed E-state index contributed by atoms with van der Waals surface area (Å²) in [6, 6.07) is 0.